The van der Waals surface area contributed by atoms with Crippen LogP contribution >= 0.6 is 11.6 Å². The highest BCUT2D eigenvalue weighted by Gasteiger charge is 2.11. The first kappa shape index (κ1) is 15.0. The van der Waals surface area contributed by atoms with Crippen LogP contribution in [0.1, 0.15) is 16.9 Å². The van der Waals surface area contributed by atoms with E-state index in [1.165, 1.54) is 18.0 Å². The Kier molecular flexibility index (Phi) is 4.89. The molecule has 1 aromatic heterocycles. The van der Waals surface area contributed by atoms with Crippen molar-refractivity contribution in [3.05, 3.63) is 41.2 Å². The molecule has 0 spiro atoms. The monoisotopic (exact) mass is 308 g/mol. The van der Waals surface area contributed by atoms with E-state index in [1.54, 1.807) is 24.3 Å². The van der Waals surface area contributed by atoms with Crippen molar-refractivity contribution in [1.82, 2.24) is 15.0 Å². The van der Waals surface area contributed by atoms with E-state index in [4.69, 9.17) is 11.6 Å². The van der Waals surface area contributed by atoms with E-state index < -0.39 is 5.97 Å². The lowest BCUT2D eigenvalue weighted by Gasteiger charge is -2.05. The SMILES string of the molecule is COC(=O)c1cn(CCC(=O)Nc2cccc(Cl)c2)nn1. The normalized spacial score (nSPS) is 10.2. The highest BCUT2D eigenvalue weighted by molar-refractivity contribution is 6.30. The molecule has 1 amide bonds. The van der Waals surface area contributed by atoms with Gasteiger partial charge in [-0.3, -0.25) is 9.48 Å². The molecule has 0 saturated carbocycles. The van der Waals surface area contributed by atoms with Crippen LogP contribution in [0.3, 0.4) is 0 Å². The fourth-order valence-corrected chi connectivity index (χ4v) is 1.80. The van der Waals surface area contributed by atoms with Gasteiger partial charge in [-0.15, -0.1) is 5.10 Å². The predicted octanol–water partition coefficient (Wildman–Crippen LogP) is 1.75. The second kappa shape index (κ2) is 6.85. The first-order valence-electron chi connectivity index (χ1n) is 6.12. The molecule has 0 aliphatic heterocycles. The molecule has 0 bridgehead atoms. The third-order valence-corrected chi connectivity index (χ3v) is 2.84. The third-order valence-electron chi connectivity index (χ3n) is 2.61. The van der Waals surface area contributed by atoms with Crippen LogP contribution in [0.2, 0.25) is 5.02 Å². The fourth-order valence-electron chi connectivity index (χ4n) is 1.61. The van der Waals surface area contributed by atoms with Crippen LogP contribution in [0.25, 0.3) is 0 Å². The van der Waals surface area contributed by atoms with Crippen molar-refractivity contribution in [2.24, 2.45) is 0 Å². The van der Waals surface area contributed by atoms with Gasteiger partial charge in [-0.2, -0.15) is 0 Å². The minimum Gasteiger partial charge on any atom is -0.464 e. The van der Waals surface area contributed by atoms with Crippen molar-refractivity contribution in [1.29, 1.82) is 0 Å². The molecule has 21 heavy (non-hydrogen) atoms. The van der Waals surface area contributed by atoms with Gasteiger partial charge in [-0.1, -0.05) is 22.9 Å². The summed E-state index contributed by atoms with van der Waals surface area (Å²) in [6.07, 6.45) is 1.62. The lowest BCUT2D eigenvalue weighted by atomic mass is 10.3. The predicted molar refractivity (Wildman–Crippen MR) is 76.1 cm³/mol. The number of carbonyl (C=O) groups is 2. The van der Waals surface area contributed by atoms with E-state index in [1.807, 2.05) is 0 Å². The average molecular weight is 309 g/mol. The number of rotatable bonds is 5. The lowest BCUT2D eigenvalue weighted by Crippen LogP contribution is -2.14. The zero-order valence-electron chi connectivity index (χ0n) is 11.2. The van der Waals surface area contributed by atoms with Crippen molar-refractivity contribution in [2.45, 2.75) is 13.0 Å². The summed E-state index contributed by atoms with van der Waals surface area (Å²) in [5, 5.41) is 10.7. The Labute approximate surface area is 125 Å². The Morgan fingerprint density at radius 3 is 2.95 bits per heavy atom. The largest absolute Gasteiger partial charge is 0.464 e. The highest BCUT2D eigenvalue weighted by atomic mass is 35.5. The summed E-state index contributed by atoms with van der Waals surface area (Å²) in [5.41, 5.74) is 0.731. The molecule has 0 atom stereocenters. The summed E-state index contributed by atoms with van der Waals surface area (Å²) >= 11 is 5.83. The molecule has 8 heteroatoms. The van der Waals surface area contributed by atoms with Crippen LogP contribution < -0.4 is 5.32 Å². The molecule has 0 saturated heterocycles. The zero-order chi connectivity index (χ0) is 15.2. The van der Waals surface area contributed by atoms with Crippen LogP contribution in [0.4, 0.5) is 5.69 Å². The third kappa shape index (κ3) is 4.28. The van der Waals surface area contributed by atoms with Gasteiger partial charge in [0, 0.05) is 17.1 Å². The summed E-state index contributed by atoms with van der Waals surface area (Å²) in [5.74, 6) is -0.753. The number of benzene rings is 1. The Bertz CT molecular complexity index is 656. The highest BCUT2D eigenvalue weighted by Crippen LogP contribution is 2.15. The van der Waals surface area contributed by atoms with Gasteiger partial charge in [-0.25, -0.2) is 4.79 Å². The number of halogens is 1. The van der Waals surface area contributed by atoms with E-state index in [2.05, 4.69) is 20.4 Å². The number of hydrogen-bond acceptors (Lipinski definition) is 5. The topological polar surface area (TPSA) is 86.1 Å². The van der Waals surface area contributed by atoms with Crippen molar-refractivity contribution < 1.29 is 14.3 Å². The number of aryl methyl sites for hydroxylation is 1. The van der Waals surface area contributed by atoms with Crippen LogP contribution in [0, 0.1) is 0 Å². The molecule has 0 aliphatic carbocycles. The molecule has 0 aliphatic rings. The van der Waals surface area contributed by atoms with E-state index >= 15 is 0 Å². The van der Waals surface area contributed by atoms with Gasteiger partial charge in [0.05, 0.1) is 19.9 Å². The smallest absolute Gasteiger partial charge is 0.360 e. The number of anilines is 1. The van der Waals surface area contributed by atoms with Crippen molar-refractivity contribution in [2.75, 3.05) is 12.4 Å². The summed E-state index contributed by atoms with van der Waals surface area (Å²) in [4.78, 5) is 23.0. The minimum absolute atomic E-state index is 0.104. The van der Waals surface area contributed by atoms with Crippen molar-refractivity contribution in [3.8, 4) is 0 Å². The molecule has 0 fully saturated rings. The van der Waals surface area contributed by atoms with Gasteiger partial charge in [0.2, 0.25) is 5.91 Å². The molecule has 0 unspecified atom stereocenters. The van der Waals surface area contributed by atoms with E-state index in [-0.39, 0.29) is 18.0 Å². The van der Waals surface area contributed by atoms with E-state index in [9.17, 15) is 9.59 Å². The summed E-state index contributed by atoms with van der Waals surface area (Å²) in [6, 6.07) is 6.87. The number of esters is 1. The van der Waals surface area contributed by atoms with Crippen LogP contribution in [0.5, 0.6) is 0 Å². The number of nitrogens with one attached hydrogen (secondary N) is 1. The number of carbonyl (C=O) groups excluding carboxylic acids is 2. The summed E-state index contributed by atoms with van der Waals surface area (Å²) in [7, 11) is 1.26. The summed E-state index contributed by atoms with van der Waals surface area (Å²) in [6.45, 7) is 0.302. The van der Waals surface area contributed by atoms with Gasteiger partial charge in [-0.05, 0) is 18.2 Å². The molecule has 110 valence electrons. The molecule has 1 N–H and O–H groups in total. The van der Waals surface area contributed by atoms with Crippen molar-refractivity contribution in [3.63, 3.8) is 0 Å². The van der Waals surface area contributed by atoms with Crippen molar-refractivity contribution >= 4 is 29.2 Å². The number of nitrogens with zero attached hydrogens (tertiary/aromatic N) is 3. The molecule has 1 heterocycles. The molecule has 2 aromatic rings. The maximum Gasteiger partial charge on any atom is 0.360 e. The van der Waals surface area contributed by atoms with Gasteiger partial charge < -0.3 is 10.1 Å². The first-order valence-corrected chi connectivity index (χ1v) is 6.50. The second-order valence-electron chi connectivity index (χ2n) is 4.17. The van der Waals surface area contributed by atoms with Gasteiger partial charge in [0.25, 0.3) is 0 Å². The quantitative estimate of drug-likeness (QED) is 0.850. The number of amides is 1. The fraction of sp³-hybridized carbons (Fsp3) is 0.231. The molecule has 1 aromatic carbocycles. The van der Waals surface area contributed by atoms with Crippen LogP contribution in [-0.4, -0.2) is 34.0 Å². The maximum atomic E-state index is 11.8. The van der Waals surface area contributed by atoms with Gasteiger partial charge >= 0.3 is 5.97 Å². The molecular weight excluding hydrogens is 296 g/mol. The number of hydrogen-bond donors (Lipinski definition) is 1. The van der Waals surface area contributed by atoms with E-state index in [0.717, 1.165) is 0 Å². The Balaban J connectivity index is 1.86. The Morgan fingerprint density at radius 1 is 1.43 bits per heavy atom. The van der Waals surface area contributed by atoms with Gasteiger partial charge in [0.15, 0.2) is 5.69 Å². The minimum atomic E-state index is -0.565. The van der Waals surface area contributed by atoms with E-state index in [0.29, 0.717) is 17.3 Å². The van der Waals surface area contributed by atoms with Crippen LogP contribution in [0.15, 0.2) is 30.5 Å². The molecule has 0 radical (unpaired) electrons. The summed E-state index contributed by atoms with van der Waals surface area (Å²) < 4.78 is 5.93. The lowest BCUT2D eigenvalue weighted by molar-refractivity contribution is -0.116. The van der Waals surface area contributed by atoms with Gasteiger partial charge in [0.1, 0.15) is 0 Å². The number of methoxy groups -OCH3 is 1. The average Bonchev–Trinajstić information content (AvgIpc) is 2.93. The first-order chi connectivity index (χ1) is 10.1. The molecule has 7 nitrogen and oxygen atoms in total. The number of aromatic nitrogens is 3. The second-order valence-corrected chi connectivity index (χ2v) is 4.60. The molecular formula is C13H13ClN4O3. The Morgan fingerprint density at radius 2 is 2.24 bits per heavy atom. The standard InChI is InChI=1S/C13H13ClN4O3/c1-21-13(20)11-8-18(17-16-11)6-5-12(19)15-10-4-2-3-9(14)7-10/h2-4,7-8H,5-6H2,1H3,(H,15,19). The zero-order valence-corrected chi connectivity index (χ0v) is 12.0. The number of ether oxygens (including phenoxy) is 1. The molecule has 2 rings (SSSR count). The van der Waals surface area contributed by atoms with Crippen LogP contribution in [-0.2, 0) is 16.1 Å². The Hall–Kier alpha value is -2.41. The maximum absolute atomic E-state index is 11.8.